The molecule has 0 radical (unpaired) electrons. The number of hydrogen-bond donors (Lipinski definition) is 2. The van der Waals surface area contributed by atoms with Crippen LogP contribution in [0, 0.1) is 10.8 Å². The Morgan fingerprint density at radius 2 is 2.05 bits per heavy atom. The maximum atomic E-state index is 12.5. The first-order valence-corrected chi connectivity index (χ1v) is 7.66. The average Bonchev–Trinajstić information content (AvgIpc) is 2.28. The van der Waals surface area contributed by atoms with Gasteiger partial charge in [0.25, 0.3) is 0 Å². The Bertz CT molecular complexity index is 468. The lowest BCUT2D eigenvalue weighted by molar-refractivity contribution is -0.181. The molecule has 0 saturated heterocycles. The number of carbonyl (C=O) groups is 2. The third-order valence-electron chi connectivity index (χ3n) is 5.58. The summed E-state index contributed by atoms with van der Waals surface area (Å²) < 4.78 is 0. The summed E-state index contributed by atoms with van der Waals surface area (Å²) in [5.74, 6) is -1.18. The van der Waals surface area contributed by atoms with Gasteiger partial charge in [0.05, 0.1) is 0 Å². The van der Waals surface area contributed by atoms with Crippen LogP contribution in [0.4, 0.5) is 0 Å². The molecule has 0 aromatic rings. The summed E-state index contributed by atoms with van der Waals surface area (Å²) in [7, 11) is 0. The highest BCUT2D eigenvalue weighted by molar-refractivity contribution is 6.03. The Morgan fingerprint density at radius 3 is 2.50 bits per heavy atom. The summed E-state index contributed by atoms with van der Waals surface area (Å²) in [5, 5.41) is 12.5. The average molecular weight is 277 g/mol. The summed E-state index contributed by atoms with van der Waals surface area (Å²) in [6, 6.07) is 0.111. The van der Waals surface area contributed by atoms with E-state index in [0.29, 0.717) is 12.8 Å². The van der Waals surface area contributed by atoms with Gasteiger partial charge in [-0.1, -0.05) is 18.1 Å². The van der Waals surface area contributed by atoms with Gasteiger partial charge < -0.3 is 10.4 Å². The van der Waals surface area contributed by atoms with Crippen molar-refractivity contribution in [2.75, 3.05) is 0 Å². The molecule has 110 valence electrons. The van der Waals surface area contributed by atoms with Gasteiger partial charge in [0.1, 0.15) is 5.41 Å². The first-order chi connectivity index (χ1) is 9.46. The maximum absolute atomic E-state index is 12.5. The third-order valence-corrected chi connectivity index (χ3v) is 5.58. The highest BCUT2D eigenvalue weighted by atomic mass is 16.4. The zero-order valence-corrected chi connectivity index (χ0v) is 12.1. The fourth-order valence-corrected chi connectivity index (χ4v) is 4.09. The number of hydrogen-bond acceptors (Lipinski definition) is 2. The van der Waals surface area contributed by atoms with Crippen molar-refractivity contribution >= 4 is 11.9 Å². The zero-order chi connectivity index (χ0) is 14.4. The highest BCUT2D eigenvalue weighted by Gasteiger charge is 2.65. The second-order valence-electron chi connectivity index (χ2n) is 7.09. The first kappa shape index (κ1) is 13.7. The van der Waals surface area contributed by atoms with E-state index in [1.807, 2.05) is 0 Å². The van der Waals surface area contributed by atoms with Crippen molar-refractivity contribution in [3.8, 4) is 0 Å². The van der Waals surface area contributed by atoms with Crippen molar-refractivity contribution in [1.82, 2.24) is 5.32 Å². The Hall–Kier alpha value is -1.32. The van der Waals surface area contributed by atoms with E-state index in [1.165, 1.54) is 12.0 Å². The minimum Gasteiger partial charge on any atom is -0.480 e. The normalized spacial score (nSPS) is 29.9. The summed E-state index contributed by atoms with van der Waals surface area (Å²) in [6.07, 6.45) is 9.37. The molecule has 1 amide bonds. The van der Waals surface area contributed by atoms with E-state index in [9.17, 15) is 14.7 Å². The lowest BCUT2D eigenvalue weighted by Crippen LogP contribution is -2.62. The molecule has 1 unspecified atom stereocenters. The summed E-state index contributed by atoms with van der Waals surface area (Å²) >= 11 is 0. The molecule has 1 atom stereocenters. The van der Waals surface area contributed by atoms with Crippen LogP contribution in [0.25, 0.3) is 0 Å². The van der Waals surface area contributed by atoms with Crippen LogP contribution in [0.5, 0.6) is 0 Å². The molecule has 3 rings (SSSR count). The minimum atomic E-state index is -1.14. The van der Waals surface area contributed by atoms with Gasteiger partial charge in [-0.15, -0.1) is 0 Å². The number of nitrogens with one attached hydrogen (secondary N) is 1. The van der Waals surface area contributed by atoms with Gasteiger partial charge in [-0.3, -0.25) is 9.59 Å². The van der Waals surface area contributed by atoms with Crippen LogP contribution < -0.4 is 5.32 Å². The van der Waals surface area contributed by atoms with Gasteiger partial charge >= 0.3 is 5.97 Å². The number of aliphatic carboxylic acids is 1. The van der Waals surface area contributed by atoms with Crippen LogP contribution in [0.15, 0.2) is 11.6 Å². The van der Waals surface area contributed by atoms with Crippen molar-refractivity contribution in [3.63, 3.8) is 0 Å². The van der Waals surface area contributed by atoms with Crippen LogP contribution in [0.2, 0.25) is 0 Å². The fraction of sp³-hybridized carbons (Fsp3) is 0.750. The predicted molar refractivity (Wildman–Crippen MR) is 75.1 cm³/mol. The zero-order valence-electron chi connectivity index (χ0n) is 12.1. The molecule has 0 bridgehead atoms. The molecule has 4 nitrogen and oxygen atoms in total. The SMILES string of the molecule is CC1=CCC(NC(=O)C2(C(=O)O)CC3(CCC3)C2)CC1. The predicted octanol–water partition coefficient (Wildman–Crippen LogP) is 2.64. The van der Waals surface area contributed by atoms with Gasteiger partial charge in [0, 0.05) is 6.04 Å². The molecule has 0 aromatic heterocycles. The van der Waals surface area contributed by atoms with Crippen molar-refractivity contribution in [3.05, 3.63) is 11.6 Å². The lowest BCUT2D eigenvalue weighted by atomic mass is 9.45. The van der Waals surface area contributed by atoms with Gasteiger partial charge in [0.2, 0.25) is 5.91 Å². The van der Waals surface area contributed by atoms with E-state index in [-0.39, 0.29) is 17.4 Å². The van der Waals surface area contributed by atoms with Crippen LogP contribution >= 0.6 is 0 Å². The molecule has 3 aliphatic carbocycles. The van der Waals surface area contributed by atoms with Gasteiger partial charge in [0.15, 0.2) is 0 Å². The van der Waals surface area contributed by atoms with E-state index >= 15 is 0 Å². The Balaban J connectivity index is 1.64. The molecule has 0 aromatic carbocycles. The molecule has 0 heterocycles. The van der Waals surface area contributed by atoms with Gasteiger partial charge in [-0.25, -0.2) is 0 Å². The number of rotatable bonds is 3. The van der Waals surface area contributed by atoms with Gasteiger partial charge in [-0.05, 0) is 57.3 Å². The van der Waals surface area contributed by atoms with E-state index in [1.54, 1.807) is 0 Å². The number of allylic oxidation sites excluding steroid dienone is 1. The highest BCUT2D eigenvalue weighted by Crippen LogP contribution is 2.64. The quantitative estimate of drug-likeness (QED) is 0.615. The summed E-state index contributed by atoms with van der Waals surface area (Å²) in [6.45, 7) is 2.10. The van der Waals surface area contributed by atoms with Crippen molar-refractivity contribution in [1.29, 1.82) is 0 Å². The standard InChI is InChI=1S/C16H23NO3/c1-11-3-5-12(6-4-11)17-13(18)16(14(19)20)9-15(10-16)7-2-8-15/h3,12H,2,4-10H2,1H3,(H,17,18)(H,19,20). The topological polar surface area (TPSA) is 66.4 Å². The largest absolute Gasteiger partial charge is 0.480 e. The molecule has 1 spiro atoms. The van der Waals surface area contributed by atoms with E-state index in [4.69, 9.17) is 0 Å². The Labute approximate surface area is 119 Å². The van der Waals surface area contributed by atoms with Crippen LogP contribution in [0.1, 0.15) is 58.3 Å². The monoisotopic (exact) mass is 277 g/mol. The minimum absolute atomic E-state index is 0.111. The Morgan fingerprint density at radius 1 is 1.35 bits per heavy atom. The van der Waals surface area contributed by atoms with Crippen LogP contribution in [0.3, 0.4) is 0 Å². The number of carboxylic acids is 1. The molecule has 0 aliphatic heterocycles. The van der Waals surface area contributed by atoms with Crippen molar-refractivity contribution in [2.45, 2.75) is 64.3 Å². The van der Waals surface area contributed by atoms with E-state index < -0.39 is 11.4 Å². The third kappa shape index (κ3) is 2.05. The van der Waals surface area contributed by atoms with Crippen LogP contribution in [-0.2, 0) is 9.59 Å². The van der Waals surface area contributed by atoms with E-state index in [2.05, 4.69) is 18.3 Å². The summed E-state index contributed by atoms with van der Waals surface area (Å²) in [4.78, 5) is 24.0. The number of carboxylic acid groups (broad SMARTS) is 1. The molecular formula is C16H23NO3. The molecular weight excluding hydrogens is 254 g/mol. The molecule has 20 heavy (non-hydrogen) atoms. The molecule has 3 aliphatic rings. The smallest absolute Gasteiger partial charge is 0.319 e. The fourth-order valence-electron chi connectivity index (χ4n) is 4.09. The first-order valence-electron chi connectivity index (χ1n) is 7.66. The number of amides is 1. The molecule has 2 saturated carbocycles. The lowest BCUT2D eigenvalue weighted by Gasteiger charge is -2.58. The number of carbonyl (C=O) groups excluding carboxylic acids is 1. The molecule has 2 N–H and O–H groups in total. The maximum Gasteiger partial charge on any atom is 0.319 e. The van der Waals surface area contributed by atoms with Crippen molar-refractivity contribution < 1.29 is 14.7 Å². The van der Waals surface area contributed by atoms with Crippen LogP contribution in [-0.4, -0.2) is 23.0 Å². The molecule has 4 heteroatoms. The van der Waals surface area contributed by atoms with Gasteiger partial charge in [-0.2, -0.15) is 0 Å². The van der Waals surface area contributed by atoms with E-state index in [0.717, 1.165) is 32.1 Å². The molecule has 2 fully saturated rings. The Kier molecular flexibility index (Phi) is 3.14. The second-order valence-corrected chi connectivity index (χ2v) is 7.09. The van der Waals surface area contributed by atoms with Crippen molar-refractivity contribution in [2.24, 2.45) is 10.8 Å². The second kappa shape index (κ2) is 4.61. The summed E-state index contributed by atoms with van der Waals surface area (Å²) in [5.41, 5.74) is 0.399.